The van der Waals surface area contributed by atoms with E-state index in [-0.39, 0.29) is 11.4 Å². The van der Waals surface area contributed by atoms with Crippen LogP contribution in [0.4, 0.5) is 0 Å². The summed E-state index contributed by atoms with van der Waals surface area (Å²) in [5.74, 6) is 0. The van der Waals surface area contributed by atoms with Gasteiger partial charge < -0.3 is 0 Å². The quantitative estimate of drug-likeness (QED) is 0.762. The number of thiophene rings is 1. The number of hydrogen-bond acceptors (Lipinski definition) is 6. The molecule has 1 saturated carbocycles. The molecule has 0 radical (unpaired) electrons. The monoisotopic (exact) mass is 349 g/mol. The molecule has 4 rings (SSSR count). The maximum atomic E-state index is 12.4. The van der Waals surface area contributed by atoms with E-state index < -0.39 is 10.0 Å². The van der Waals surface area contributed by atoms with Crippen molar-refractivity contribution in [2.24, 2.45) is 0 Å². The van der Waals surface area contributed by atoms with E-state index in [0.717, 1.165) is 23.1 Å². The smallest absolute Gasteiger partial charge is 0.242 e. The molecule has 0 amide bonds. The third-order valence-corrected chi connectivity index (χ3v) is 6.26. The second-order valence-corrected chi connectivity index (χ2v) is 8.29. The maximum absolute atomic E-state index is 12.4. The van der Waals surface area contributed by atoms with E-state index in [0.29, 0.717) is 11.7 Å². The van der Waals surface area contributed by atoms with Crippen molar-refractivity contribution >= 4 is 31.6 Å². The van der Waals surface area contributed by atoms with Gasteiger partial charge in [0.1, 0.15) is 4.90 Å². The first-order chi connectivity index (χ1) is 11.1. The van der Waals surface area contributed by atoms with E-state index in [1.54, 1.807) is 6.07 Å². The van der Waals surface area contributed by atoms with Crippen molar-refractivity contribution in [2.45, 2.75) is 36.7 Å². The van der Waals surface area contributed by atoms with Gasteiger partial charge in [-0.05, 0) is 36.8 Å². The van der Waals surface area contributed by atoms with Gasteiger partial charge in [-0.1, -0.05) is 5.21 Å². The molecule has 9 heteroatoms. The van der Waals surface area contributed by atoms with E-state index in [4.69, 9.17) is 0 Å². The Morgan fingerprint density at radius 3 is 3.04 bits per heavy atom. The SMILES string of the molecule is O=S(=O)(NCc1cn(C2CCC2)nn1)c1cnc2ccsc2c1. The first-order valence-electron chi connectivity index (χ1n) is 7.35. The fraction of sp³-hybridized carbons (Fsp3) is 0.357. The molecule has 0 atom stereocenters. The molecule has 0 aliphatic heterocycles. The van der Waals surface area contributed by atoms with Gasteiger partial charge in [-0.2, -0.15) is 0 Å². The third-order valence-electron chi connectivity index (χ3n) is 4.04. The van der Waals surface area contributed by atoms with Crippen LogP contribution in [0.1, 0.15) is 31.0 Å². The predicted octanol–water partition coefficient (Wildman–Crippen LogP) is 2.09. The van der Waals surface area contributed by atoms with Crippen LogP contribution in [0.5, 0.6) is 0 Å². The van der Waals surface area contributed by atoms with E-state index in [9.17, 15) is 8.42 Å². The number of nitrogens with zero attached hydrogens (tertiary/aromatic N) is 4. The highest BCUT2D eigenvalue weighted by Crippen LogP contribution is 2.30. The minimum Gasteiger partial charge on any atom is -0.254 e. The van der Waals surface area contributed by atoms with E-state index in [1.807, 2.05) is 22.3 Å². The lowest BCUT2D eigenvalue weighted by Crippen LogP contribution is -2.23. The summed E-state index contributed by atoms with van der Waals surface area (Å²) < 4.78 is 30.0. The Balaban J connectivity index is 1.49. The van der Waals surface area contributed by atoms with Crippen LogP contribution < -0.4 is 4.72 Å². The van der Waals surface area contributed by atoms with Gasteiger partial charge in [0.25, 0.3) is 0 Å². The van der Waals surface area contributed by atoms with Crippen LogP contribution in [-0.2, 0) is 16.6 Å². The second-order valence-electron chi connectivity index (χ2n) is 5.57. The number of hydrogen-bond donors (Lipinski definition) is 1. The molecule has 23 heavy (non-hydrogen) atoms. The van der Waals surface area contributed by atoms with Crippen molar-refractivity contribution < 1.29 is 8.42 Å². The lowest BCUT2D eigenvalue weighted by molar-refractivity contribution is 0.284. The average molecular weight is 349 g/mol. The summed E-state index contributed by atoms with van der Waals surface area (Å²) in [6, 6.07) is 3.92. The Labute approximate surface area is 137 Å². The molecule has 1 fully saturated rings. The largest absolute Gasteiger partial charge is 0.254 e. The second kappa shape index (κ2) is 5.66. The van der Waals surface area contributed by atoms with Gasteiger partial charge in [0, 0.05) is 6.20 Å². The van der Waals surface area contributed by atoms with Gasteiger partial charge in [-0.25, -0.2) is 17.8 Å². The van der Waals surface area contributed by atoms with Gasteiger partial charge in [-0.15, -0.1) is 16.4 Å². The first kappa shape index (κ1) is 14.7. The minimum atomic E-state index is -3.61. The Kier molecular flexibility index (Phi) is 3.63. The summed E-state index contributed by atoms with van der Waals surface area (Å²) in [5, 5.41) is 9.99. The molecule has 0 bridgehead atoms. The number of pyridine rings is 1. The topological polar surface area (TPSA) is 89.8 Å². The van der Waals surface area contributed by atoms with Crippen LogP contribution >= 0.6 is 11.3 Å². The molecule has 0 aromatic carbocycles. The Hall–Kier alpha value is -1.84. The Bertz CT molecular complexity index is 943. The van der Waals surface area contributed by atoms with E-state index in [1.165, 1.54) is 24.0 Å². The molecule has 0 unspecified atom stereocenters. The summed E-state index contributed by atoms with van der Waals surface area (Å²) in [5.41, 5.74) is 1.42. The predicted molar refractivity (Wildman–Crippen MR) is 86.6 cm³/mol. The molecular weight excluding hydrogens is 334 g/mol. The minimum absolute atomic E-state index is 0.123. The van der Waals surface area contributed by atoms with Gasteiger partial charge in [0.05, 0.1) is 34.7 Å². The zero-order chi connectivity index (χ0) is 15.9. The van der Waals surface area contributed by atoms with Crippen LogP contribution in [0.25, 0.3) is 10.2 Å². The summed E-state index contributed by atoms with van der Waals surface area (Å²) in [7, 11) is -3.61. The van der Waals surface area contributed by atoms with Crippen molar-refractivity contribution in [3.63, 3.8) is 0 Å². The van der Waals surface area contributed by atoms with Crippen LogP contribution in [0.15, 0.2) is 34.8 Å². The lowest BCUT2D eigenvalue weighted by Gasteiger charge is -2.24. The van der Waals surface area contributed by atoms with Crippen molar-refractivity contribution in [1.82, 2.24) is 24.7 Å². The van der Waals surface area contributed by atoms with Gasteiger partial charge in [0.2, 0.25) is 10.0 Å². The molecular formula is C14H15N5O2S2. The molecule has 1 aliphatic carbocycles. The fourth-order valence-corrected chi connectivity index (χ4v) is 4.28. The number of rotatable bonds is 5. The summed E-state index contributed by atoms with van der Waals surface area (Å²) in [6.07, 6.45) is 6.63. The van der Waals surface area contributed by atoms with Crippen LogP contribution in [-0.4, -0.2) is 28.4 Å². The van der Waals surface area contributed by atoms with Crippen molar-refractivity contribution in [2.75, 3.05) is 0 Å². The Morgan fingerprint density at radius 1 is 1.39 bits per heavy atom. The fourth-order valence-electron chi connectivity index (χ4n) is 2.45. The first-order valence-corrected chi connectivity index (χ1v) is 9.72. The average Bonchev–Trinajstić information content (AvgIpc) is 3.11. The number of nitrogens with one attached hydrogen (secondary N) is 1. The van der Waals surface area contributed by atoms with Gasteiger partial charge >= 0.3 is 0 Å². The van der Waals surface area contributed by atoms with Crippen LogP contribution in [0, 0.1) is 0 Å². The van der Waals surface area contributed by atoms with Gasteiger partial charge in [-0.3, -0.25) is 4.98 Å². The van der Waals surface area contributed by atoms with E-state index in [2.05, 4.69) is 20.0 Å². The highest BCUT2D eigenvalue weighted by Gasteiger charge is 2.21. The van der Waals surface area contributed by atoms with E-state index >= 15 is 0 Å². The molecule has 120 valence electrons. The number of aromatic nitrogens is 4. The molecule has 3 heterocycles. The molecule has 3 aromatic rings. The van der Waals surface area contributed by atoms with Gasteiger partial charge in [0.15, 0.2) is 0 Å². The molecule has 0 spiro atoms. The zero-order valence-corrected chi connectivity index (χ0v) is 13.8. The highest BCUT2D eigenvalue weighted by atomic mass is 32.2. The van der Waals surface area contributed by atoms with Crippen molar-refractivity contribution in [3.05, 3.63) is 35.6 Å². The summed E-state index contributed by atoms with van der Waals surface area (Å²) in [4.78, 5) is 4.33. The maximum Gasteiger partial charge on any atom is 0.242 e. The van der Waals surface area contributed by atoms with Crippen LogP contribution in [0.2, 0.25) is 0 Å². The normalized spacial score (nSPS) is 15.8. The van der Waals surface area contributed by atoms with Crippen LogP contribution in [0.3, 0.4) is 0 Å². The number of sulfonamides is 1. The molecule has 3 aromatic heterocycles. The highest BCUT2D eigenvalue weighted by molar-refractivity contribution is 7.89. The van der Waals surface area contributed by atoms with Crippen molar-refractivity contribution in [3.8, 4) is 0 Å². The molecule has 0 saturated heterocycles. The zero-order valence-electron chi connectivity index (χ0n) is 12.2. The van der Waals surface area contributed by atoms with Crippen molar-refractivity contribution in [1.29, 1.82) is 0 Å². The molecule has 7 nitrogen and oxygen atoms in total. The summed E-state index contributed by atoms with van der Waals surface area (Å²) in [6.45, 7) is 0.123. The number of fused-ring (bicyclic) bond motifs is 1. The lowest BCUT2D eigenvalue weighted by atomic mass is 9.93. The summed E-state index contributed by atoms with van der Waals surface area (Å²) >= 11 is 1.47. The standard InChI is InChI=1S/C14H15N5O2S2/c20-23(21,12-6-14-13(15-8-12)4-5-22-14)16-7-10-9-19(18-17-10)11-2-1-3-11/h4-6,8-9,11,16H,1-3,7H2. The molecule has 1 aliphatic rings. The third kappa shape index (κ3) is 2.87. The molecule has 1 N–H and O–H groups in total. The Morgan fingerprint density at radius 2 is 2.26 bits per heavy atom.